The van der Waals surface area contributed by atoms with Gasteiger partial charge in [-0.1, -0.05) is 73.2 Å². The molecule has 0 saturated heterocycles. The molecule has 39 heavy (non-hydrogen) atoms. The van der Waals surface area contributed by atoms with E-state index >= 15 is 0 Å². The standard InChI is InChI=1S/C31H32N4O3S/c1-4-18-32-26(36)19-34-27(37)20-39-30(24-12-8-9-13-25(24)38-3)28-29(22-10-6-5-7-11-22)33-35(31(28)34)23-16-14-21(2)15-17-23/h5-17,30H,4,18-20H2,1-3H3,(H,32,36). The first-order valence-corrected chi connectivity index (χ1v) is 14.1. The van der Waals surface area contributed by atoms with Gasteiger partial charge in [0.1, 0.15) is 18.1 Å². The molecule has 2 heterocycles. The van der Waals surface area contributed by atoms with Gasteiger partial charge in [0.2, 0.25) is 11.8 Å². The second-order valence-electron chi connectivity index (χ2n) is 9.46. The number of aryl methyl sites for hydroxylation is 1. The number of carbonyl (C=O) groups is 2. The van der Waals surface area contributed by atoms with E-state index in [4.69, 9.17) is 9.84 Å². The zero-order valence-electron chi connectivity index (χ0n) is 22.4. The lowest BCUT2D eigenvalue weighted by Crippen LogP contribution is -2.42. The van der Waals surface area contributed by atoms with Gasteiger partial charge in [0, 0.05) is 23.2 Å². The summed E-state index contributed by atoms with van der Waals surface area (Å²) in [5, 5.41) is 7.80. The van der Waals surface area contributed by atoms with E-state index in [1.165, 1.54) is 11.8 Å². The van der Waals surface area contributed by atoms with Crippen LogP contribution in [-0.2, 0) is 9.59 Å². The number of benzene rings is 3. The lowest BCUT2D eigenvalue weighted by molar-refractivity contribution is -0.122. The highest BCUT2D eigenvalue weighted by atomic mass is 32.2. The maximum atomic E-state index is 13.8. The summed E-state index contributed by atoms with van der Waals surface area (Å²) >= 11 is 1.53. The highest BCUT2D eigenvalue weighted by molar-refractivity contribution is 8.00. The molecule has 1 atom stereocenters. The number of rotatable bonds is 8. The topological polar surface area (TPSA) is 76.5 Å². The second-order valence-corrected chi connectivity index (χ2v) is 10.6. The van der Waals surface area contributed by atoms with Crippen molar-refractivity contribution in [3.8, 4) is 22.7 Å². The van der Waals surface area contributed by atoms with Crippen LogP contribution in [0.2, 0.25) is 0 Å². The van der Waals surface area contributed by atoms with Crippen molar-refractivity contribution in [2.45, 2.75) is 25.5 Å². The van der Waals surface area contributed by atoms with E-state index in [9.17, 15) is 9.59 Å². The van der Waals surface area contributed by atoms with Crippen molar-refractivity contribution >= 4 is 29.4 Å². The quantitative estimate of drug-likeness (QED) is 0.317. The van der Waals surface area contributed by atoms with Crippen LogP contribution in [-0.4, -0.2) is 47.5 Å². The number of para-hydroxylation sites is 1. The van der Waals surface area contributed by atoms with Crippen molar-refractivity contribution in [2.75, 3.05) is 30.9 Å². The lowest BCUT2D eigenvalue weighted by Gasteiger charge is -2.23. The molecule has 0 fully saturated rings. The number of ether oxygens (including phenoxy) is 1. The van der Waals surface area contributed by atoms with E-state index in [0.717, 1.165) is 45.8 Å². The van der Waals surface area contributed by atoms with Crippen LogP contribution in [0.25, 0.3) is 16.9 Å². The molecule has 0 aliphatic carbocycles. The van der Waals surface area contributed by atoms with Crippen molar-refractivity contribution in [3.63, 3.8) is 0 Å². The molecule has 1 unspecified atom stereocenters. The number of nitrogens with one attached hydrogen (secondary N) is 1. The number of anilines is 1. The number of thioether (sulfide) groups is 1. The average Bonchev–Trinajstić information content (AvgIpc) is 3.29. The summed E-state index contributed by atoms with van der Waals surface area (Å²) < 4.78 is 7.58. The van der Waals surface area contributed by atoms with Crippen molar-refractivity contribution in [1.29, 1.82) is 0 Å². The van der Waals surface area contributed by atoms with E-state index in [-0.39, 0.29) is 29.4 Å². The molecule has 1 aliphatic heterocycles. The van der Waals surface area contributed by atoms with E-state index in [1.807, 2.05) is 97.4 Å². The predicted molar refractivity (Wildman–Crippen MR) is 157 cm³/mol. The third-order valence-electron chi connectivity index (χ3n) is 6.71. The fraction of sp³-hybridized carbons (Fsp3) is 0.258. The van der Waals surface area contributed by atoms with Crippen LogP contribution in [0.3, 0.4) is 0 Å². The Balaban J connectivity index is 1.80. The predicted octanol–water partition coefficient (Wildman–Crippen LogP) is 5.55. The zero-order chi connectivity index (χ0) is 27.4. The van der Waals surface area contributed by atoms with Crippen LogP contribution >= 0.6 is 11.8 Å². The summed E-state index contributed by atoms with van der Waals surface area (Å²) in [6.07, 6.45) is 0.816. The molecule has 0 saturated carbocycles. The smallest absolute Gasteiger partial charge is 0.240 e. The van der Waals surface area contributed by atoms with Gasteiger partial charge in [-0.25, -0.2) is 4.68 Å². The molecule has 4 aromatic rings. The van der Waals surface area contributed by atoms with E-state index in [0.29, 0.717) is 12.4 Å². The Hall–Kier alpha value is -4.04. The monoisotopic (exact) mass is 540 g/mol. The van der Waals surface area contributed by atoms with Crippen molar-refractivity contribution < 1.29 is 14.3 Å². The molecule has 1 N–H and O–H groups in total. The summed E-state index contributed by atoms with van der Waals surface area (Å²) in [7, 11) is 1.66. The molecule has 0 bridgehead atoms. The van der Waals surface area contributed by atoms with Gasteiger partial charge in [-0.3, -0.25) is 14.5 Å². The van der Waals surface area contributed by atoms with Crippen molar-refractivity contribution in [3.05, 3.63) is 95.6 Å². The van der Waals surface area contributed by atoms with Gasteiger partial charge in [-0.05, 0) is 31.5 Å². The van der Waals surface area contributed by atoms with Crippen LogP contribution < -0.4 is 15.0 Å². The van der Waals surface area contributed by atoms with Gasteiger partial charge in [-0.15, -0.1) is 11.8 Å². The molecule has 1 aromatic heterocycles. The summed E-state index contributed by atoms with van der Waals surface area (Å²) in [6.45, 7) is 4.50. The molecule has 2 amide bonds. The Morgan fingerprint density at radius 2 is 1.77 bits per heavy atom. The Bertz CT molecular complexity index is 1470. The molecule has 7 nitrogen and oxygen atoms in total. The summed E-state index contributed by atoms with van der Waals surface area (Å²) in [4.78, 5) is 28.4. The average molecular weight is 541 g/mol. The molecule has 8 heteroatoms. The van der Waals surface area contributed by atoms with Gasteiger partial charge in [0.15, 0.2) is 0 Å². The SMILES string of the molecule is CCCNC(=O)CN1C(=O)CSC(c2ccccc2OC)c2c(-c3ccccc3)nn(-c3ccc(C)cc3)c21. The Kier molecular flexibility index (Phi) is 8.02. The van der Waals surface area contributed by atoms with Crippen molar-refractivity contribution in [2.24, 2.45) is 0 Å². The zero-order valence-corrected chi connectivity index (χ0v) is 23.2. The number of nitrogens with zero attached hydrogens (tertiary/aromatic N) is 3. The largest absolute Gasteiger partial charge is 0.496 e. The molecule has 1 aliphatic rings. The van der Waals surface area contributed by atoms with E-state index < -0.39 is 0 Å². The minimum Gasteiger partial charge on any atom is -0.496 e. The van der Waals surface area contributed by atoms with Crippen molar-refractivity contribution in [1.82, 2.24) is 15.1 Å². The Labute approximate surface area is 233 Å². The number of methoxy groups -OCH3 is 1. The molecule has 0 radical (unpaired) electrons. The van der Waals surface area contributed by atoms with Crippen LogP contribution in [0, 0.1) is 6.92 Å². The van der Waals surface area contributed by atoms with E-state index in [1.54, 1.807) is 12.0 Å². The minimum absolute atomic E-state index is 0.0865. The molecule has 5 rings (SSSR count). The normalized spacial score (nSPS) is 15.0. The number of amides is 2. The van der Waals surface area contributed by atoms with Gasteiger partial charge in [0.25, 0.3) is 0 Å². The van der Waals surface area contributed by atoms with Gasteiger partial charge in [0.05, 0.1) is 29.5 Å². The van der Waals surface area contributed by atoms with Crippen LogP contribution in [0.15, 0.2) is 78.9 Å². The summed E-state index contributed by atoms with van der Waals surface area (Å²) in [5.74, 6) is 1.22. The first-order chi connectivity index (χ1) is 19.0. The Morgan fingerprint density at radius 1 is 1.05 bits per heavy atom. The third-order valence-corrected chi connectivity index (χ3v) is 7.95. The number of aromatic nitrogens is 2. The number of carbonyl (C=O) groups excluding carboxylic acids is 2. The fourth-order valence-electron chi connectivity index (χ4n) is 4.79. The van der Waals surface area contributed by atoms with Crippen LogP contribution in [0.1, 0.15) is 35.3 Å². The summed E-state index contributed by atoms with van der Waals surface area (Å²) in [6, 6.07) is 25.9. The third kappa shape index (κ3) is 5.43. The van der Waals surface area contributed by atoms with Gasteiger partial charge >= 0.3 is 0 Å². The van der Waals surface area contributed by atoms with Gasteiger partial charge in [-0.2, -0.15) is 5.10 Å². The summed E-state index contributed by atoms with van der Waals surface area (Å²) in [5.41, 5.74) is 5.47. The maximum Gasteiger partial charge on any atom is 0.240 e. The molecular formula is C31H32N4O3S. The highest BCUT2D eigenvalue weighted by Gasteiger charge is 2.38. The minimum atomic E-state index is -0.252. The molecule has 0 spiro atoms. The number of hydrogen-bond acceptors (Lipinski definition) is 5. The van der Waals surface area contributed by atoms with Gasteiger partial charge < -0.3 is 10.1 Å². The lowest BCUT2D eigenvalue weighted by atomic mass is 9.99. The van der Waals surface area contributed by atoms with Crippen LogP contribution in [0.5, 0.6) is 5.75 Å². The highest BCUT2D eigenvalue weighted by Crippen LogP contribution is 2.50. The van der Waals surface area contributed by atoms with E-state index in [2.05, 4.69) is 5.32 Å². The first-order valence-electron chi connectivity index (χ1n) is 13.1. The Morgan fingerprint density at radius 3 is 2.49 bits per heavy atom. The number of hydrogen-bond donors (Lipinski definition) is 1. The second kappa shape index (κ2) is 11.8. The first kappa shape index (κ1) is 26.6. The fourth-order valence-corrected chi connectivity index (χ4v) is 6.01. The molecule has 3 aromatic carbocycles. The maximum absolute atomic E-state index is 13.8. The molecule has 200 valence electrons. The molecular weight excluding hydrogens is 508 g/mol. The number of fused-ring (bicyclic) bond motifs is 1. The van der Waals surface area contributed by atoms with Crippen LogP contribution in [0.4, 0.5) is 5.82 Å².